The molecule has 4 N–H and O–H groups in total. The topological polar surface area (TPSA) is 126 Å². The smallest absolute Gasteiger partial charge is 0.352 e. The number of nitrogens with zero attached hydrogens (tertiary/aromatic N) is 2. The van der Waals surface area contributed by atoms with Crippen molar-refractivity contribution in [3.05, 3.63) is 35.0 Å². The van der Waals surface area contributed by atoms with Crippen LogP contribution in [-0.4, -0.2) is 49.9 Å². The van der Waals surface area contributed by atoms with Crippen molar-refractivity contribution in [3.8, 4) is 0 Å². The number of allylic oxidation sites excluding steroid dienone is 1. The normalized spacial score (nSPS) is 22.7. The number of carboxylic acids is 1. The van der Waals surface area contributed by atoms with E-state index < -0.39 is 23.3 Å². The number of anilines is 1. The standard InChI is InChI=1S/C14H14N4O4S2/c1-2-6-4-23-12-9(11(20)18(12)10(6)13(21)22)17-8(19)3-7-5-24-14(15)16-7/h2,5,9,12H,1,3-4H2,(H2,15,16)(H,17,19)(H,21,22)/t9?,12-/m1/s1. The van der Waals surface area contributed by atoms with Crippen molar-refractivity contribution in [1.82, 2.24) is 15.2 Å². The van der Waals surface area contributed by atoms with Crippen LogP contribution in [0.4, 0.5) is 5.13 Å². The summed E-state index contributed by atoms with van der Waals surface area (Å²) in [5.74, 6) is -1.54. The number of β-lactam (4-membered cyclic amide) rings is 1. The average molecular weight is 366 g/mol. The highest BCUT2D eigenvalue weighted by Crippen LogP contribution is 2.40. The third-order valence-corrected chi connectivity index (χ3v) is 5.70. The molecule has 0 saturated carbocycles. The Labute approximate surface area is 145 Å². The molecule has 3 rings (SSSR count). The van der Waals surface area contributed by atoms with Gasteiger partial charge >= 0.3 is 5.97 Å². The number of aliphatic carboxylic acids is 1. The molecule has 1 unspecified atom stereocenters. The van der Waals surface area contributed by atoms with Crippen molar-refractivity contribution in [2.45, 2.75) is 17.8 Å². The number of carboxylic acid groups (broad SMARTS) is 1. The average Bonchev–Trinajstić information content (AvgIpc) is 2.95. The Hall–Kier alpha value is -2.33. The first-order valence-corrected chi connectivity index (χ1v) is 8.88. The summed E-state index contributed by atoms with van der Waals surface area (Å²) in [4.78, 5) is 41.0. The van der Waals surface area contributed by atoms with Crippen LogP contribution in [-0.2, 0) is 20.8 Å². The SMILES string of the molecule is C=CC1=C(C(=O)O)N2C(=O)C(NC(=O)Cc3csc(N)n3)[C@H]2SC1. The molecule has 2 atom stereocenters. The van der Waals surface area contributed by atoms with Crippen molar-refractivity contribution in [1.29, 1.82) is 0 Å². The van der Waals surface area contributed by atoms with Crippen molar-refractivity contribution < 1.29 is 19.5 Å². The lowest BCUT2D eigenvalue weighted by Gasteiger charge is -2.49. The zero-order valence-corrected chi connectivity index (χ0v) is 14.0. The van der Waals surface area contributed by atoms with Gasteiger partial charge in [0.2, 0.25) is 5.91 Å². The van der Waals surface area contributed by atoms with Gasteiger partial charge in [0.05, 0.1) is 12.1 Å². The molecule has 0 aliphatic carbocycles. The summed E-state index contributed by atoms with van der Waals surface area (Å²) < 4.78 is 0. The largest absolute Gasteiger partial charge is 0.477 e. The van der Waals surface area contributed by atoms with Crippen LogP contribution < -0.4 is 11.1 Å². The summed E-state index contributed by atoms with van der Waals surface area (Å²) in [6.45, 7) is 3.58. The van der Waals surface area contributed by atoms with Crippen LogP contribution in [0, 0.1) is 0 Å². The Morgan fingerprint density at radius 1 is 1.58 bits per heavy atom. The van der Waals surface area contributed by atoms with E-state index in [4.69, 9.17) is 5.73 Å². The molecular weight excluding hydrogens is 352 g/mol. The quantitative estimate of drug-likeness (QED) is 0.635. The Morgan fingerprint density at radius 2 is 2.33 bits per heavy atom. The van der Waals surface area contributed by atoms with E-state index in [-0.39, 0.29) is 18.0 Å². The van der Waals surface area contributed by atoms with Crippen LogP contribution >= 0.6 is 23.1 Å². The van der Waals surface area contributed by atoms with Crippen LogP contribution in [0.5, 0.6) is 0 Å². The van der Waals surface area contributed by atoms with Gasteiger partial charge in [-0.15, -0.1) is 23.1 Å². The predicted molar refractivity (Wildman–Crippen MR) is 90.1 cm³/mol. The Balaban J connectivity index is 1.69. The Bertz CT molecular complexity index is 773. The molecule has 24 heavy (non-hydrogen) atoms. The molecule has 10 heteroatoms. The van der Waals surface area contributed by atoms with E-state index in [1.807, 2.05) is 0 Å². The molecule has 0 aromatic carbocycles. The van der Waals surface area contributed by atoms with Gasteiger partial charge in [0.25, 0.3) is 5.91 Å². The predicted octanol–water partition coefficient (Wildman–Crippen LogP) is 0.192. The van der Waals surface area contributed by atoms with Gasteiger partial charge in [-0.05, 0) is 5.57 Å². The summed E-state index contributed by atoms with van der Waals surface area (Å²) in [5.41, 5.74) is 6.49. The third kappa shape index (κ3) is 2.78. The lowest BCUT2D eigenvalue weighted by atomic mass is 10.0. The molecule has 1 fully saturated rings. The lowest BCUT2D eigenvalue weighted by molar-refractivity contribution is -0.150. The van der Waals surface area contributed by atoms with Gasteiger partial charge in [-0.3, -0.25) is 14.5 Å². The zero-order chi connectivity index (χ0) is 17.4. The van der Waals surface area contributed by atoms with Gasteiger partial charge in [-0.25, -0.2) is 9.78 Å². The molecule has 1 aromatic rings. The maximum atomic E-state index is 12.3. The van der Waals surface area contributed by atoms with Gasteiger partial charge in [0, 0.05) is 11.1 Å². The number of amides is 2. The number of fused-ring (bicyclic) bond motifs is 1. The van der Waals surface area contributed by atoms with E-state index in [0.717, 1.165) is 0 Å². The maximum absolute atomic E-state index is 12.3. The Morgan fingerprint density at radius 3 is 2.92 bits per heavy atom. The summed E-state index contributed by atoms with van der Waals surface area (Å²) >= 11 is 2.63. The molecule has 2 amide bonds. The van der Waals surface area contributed by atoms with Gasteiger partial charge in [0.15, 0.2) is 5.13 Å². The van der Waals surface area contributed by atoms with Gasteiger partial charge in [0.1, 0.15) is 17.1 Å². The van der Waals surface area contributed by atoms with Crippen LogP contribution in [0.25, 0.3) is 0 Å². The molecule has 3 heterocycles. The number of aromatic nitrogens is 1. The second-order valence-corrected chi connectivity index (χ2v) is 7.19. The molecule has 0 spiro atoms. The number of thioether (sulfide) groups is 1. The van der Waals surface area contributed by atoms with Crippen LogP contribution in [0.3, 0.4) is 0 Å². The first-order chi connectivity index (χ1) is 11.4. The first-order valence-electron chi connectivity index (χ1n) is 6.95. The fourth-order valence-corrected chi connectivity index (χ4v) is 4.50. The van der Waals surface area contributed by atoms with Crippen molar-refractivity contribution in [3.63, 3.8) is 0 Å². The lowest BCUT2D eigenvalue weighted by Crippen LogP contribution is -2.70. The van der Waals surface area contributed by atoms with Crippen LogP contribution in [0.2, 0.25) is 0 Å². The first kappa shape index (κ1) is 16.5. The minimum atomic E-state index is -1.17. The number of nitrogens with two attached hydrogens (primary N) is 1. The monoisotopic (exact) mass is 366 g/mol. The number of nitrogens with one attached hydrogen (secondary N) is 1. The summed E-state index contributed by atoms with van der Waals surface area (Å²) in [5, 5.41) is 13.6. The number of thiazole rings is 1. The van der Waals surface area contributed by atoms with Crippen molar-refractivity contribution >= 4 is 46.0 Å². The molecule has 8 nitrogen and oxygen atoms in total. The van der Waals surface area contributed by atoms with E-state index >= 15 is 0 Å². The van der Waals surface area contributed by atoms with E-state index in [9.17, 15) is 19.5 Å². The number of carbonyl (C=O) groups is 3. The molecule has 0 bridgehead atoms. The highest BCUT2D eigenvalue weighted by atomic mass is 32.2. The Kier molecular flexibility index (Phi) is 4.33. The molecule has 126 valence electrons. The van der Waals surface area contributed by atoms with Crippen LogP contribution in [0.1, 0.15) is 5.69 Å². The van der Waals surface area contributed by atoms with Crippen molar-refractivity contribution in [2.24, 2.45) is 0 Å². The zero-order valence-electron chi connectivity index (χ0n) is 12.4. The number of carbonyl (C=O) groups excluding carboxylic acids is 2. The number of nitrogen functional groups attached to an aromatic ring is 1. The van der Waals surface area contributed by atoms with Gasteiger partial charge in [-0.2, -0.15) is 0 Å². The number of hydrogen-bond donors (Lipinski definition) is 3. The van der Waals surface area contributed by atoms with E-state index in [1.54, 1.807) is 5.38 Å². The summed E-state index contributed by atoms with van der Waals surface area (Å²) in [6, 6.07) is -0.737. The molecule has 2 aliphatic heterocycles. The third-order valence-electron chi connectivity index (χ3n) is 3.67. The minimum absolute atomic E-state index is 0.0222. The van der Waals surface area contributed by atoms with E-state index in [0.29, 0.717) is 22.2 Å². The fourth-order valence-electron chi connectivity index (χ4n) is 2.59. The summed E-state index contributed by atoms with van der Waals surface area (Å²) in [7, 11) is 0. The second-order valence-electron chi connectivity index (χ2n) is 5.19. The molecule has 2 aliphatic rings. The van der Waals surface area contributed by atoms with E-state index in [2.05, 4.69) is 16.9 Å². The fraction of sp³-hybridized carbons (Fsp3) is 0.286. The van der Waals surface area contributed by atoms with Gasteiger partial charge in [-0.1, -0.05) is 12.7 Å². The molecule has 1 saturated heterocycles. The minimum Gasteiger partial charge on any atom is -0.477 e. The highest BCUT2D eigenvalue weighted by Gasteiger charge is 2.53. The number of rotatable bonds is 5. The molecular formula is C14H14N4O4S2. The van der Waals surface area contributed by atoms with Crippen LogP contribution in [0.15, 0.2) is 29.3 Å². The molecule has 0 radical (unpaired) electrons. The molecule has 1 aromatic heterocycles. The highest BCUT2D eigenvalue weighted by molar-refractivity contribution is 8.00. The maximum Gasteiger partial charge on any atom is 0.352 e. The summed E-state index contributed by atoms with van der Waals surface area (Å²) in [6.07, 6.45) is 1.47. The number of hydrogen-bond acceptors (Lipinski definition) is 7. The second kappa shape index (κ2) is 6.29. The van der Waals surface area contributed by atoms with E-state index in [1.165, 1.54) is 34.1 Å². The van der Waals surface area contributed by atoms with Crippen molar-refractivity contribution in [2.75, 3.05) is 11.5 Å². The van der Waals surface area contributed by atoms with Gasteiger partial charge < -0.3 is 16.2 Å².